The van der Waals surface area contributed by atoms with Crippen LogP contribution in [0, 0.1) is 0 Å². The van der Waals surface area contributed by atoms with Crippen molar-refractivity contribution in [1.82, 2.24) is 4.57 Å². The van der Waals surface area contributed by atoms with Crippen LogP contribution in [0.25, 0.3) is 0 Å². The first-order chi connectivity index (χ1) is 7.66. The van der Waals surface area contributed by atoms with Gasteiger partial charge in [-0.2, -0.15) is 11.8 Å². The van der Waals surface area contributed by atoms with Gasteiger partial charge >= 0.3 is 5.97 Å². The minimum atomic E-state index is -0.910. The SMILES string of the molecule is O=C(O)c1cc(Cl)cn1CC1CCCCS1. The summed E-state index contributed by atoms with van der Waals surface area (Å²) in [5.41, 5.74) is 0.288. The Bertz CT molecular complexity index is 385. The average molecular weight is 260 g/mol. The van der Waals surface area contributed by atoms with Crippen LogP contribution in [0.1, 0.15) is 29.8 Å². The van der Waals surface area contributed by atoms with Gasteiger partial charge < -0.3 is 9.67 Å². The number of rotatable bonds is 3. The fourth-order valence-electron chi connectivity index (χ4n) is 1.98. The number of nitrogens with zero attached hydrogens (tertiary/aromatic N) is 1. The first-order valence-corrected chi connectivity index (χ1v) is 6.80. The Hall–Kier alpha value is -0.610. The van der Waals surface area contributed by atoms with Gasteiger partial charge in [-0.15, -0.1) is 0 Å². The Kier molecular flexibility index (Phi) is 3.82. The fourth-order valence-corrected chi connectivity index (χ4v) is 3.50. The second kappa shape index (κ2) is 5.15. The Morgan fingerprint density at radius 2 is 2.44 bits per heavy atom. The maximum atomic E-state index is 11.0. The van der Waals surface area contributed by atoms with Crippen molar-refractivity contribution < 1.29 is 9.90 Å². The molecule has 5 heteroatoms. The number of hydrogen-bond donors (Lipinski definition) is 1. The van der Waals surface area contributed by atoms with Crippen molar-refractivity contribution in [1.29, 1.82) is 0 Å². The molecule has 1 aliphatic rings. The van der Waals surface area contributed by atoms with Gasteiger partial charge in [0.2, 0.25) is 0 Å². The molecule has 2 rings (SSSR count). The van der Waals surface area contributed by atoms with E-state index in [2.05, 4.69) is 0 Å². The summed E-state index contributed by atoms with van der Waals surface area (Å²) in [5, 5.41) is 10.0. The smallest absolute Gasteiger partial charge is 0.352 e. The maximum absolute atomic E-state index is 11.0. The monoisotopic (exact) mass is 259 g/mol. The van der Waals surface area contributed by atoms with Gasteiger partial charge in [0.05, 0.1) is 5.02 Å². The van der Waals surface area contributed by atoms with E-state index in [-0.39, 0.29) is 5.69 Å². The van der Waals surface area contributed by atoms with Crippen LogP contribution in [0.2, 0.25) is 5.02 Å². The number of carboxylic acids is 1. The maximum Gasteiger partial charge on any atom is 0.352 e. The van der Waals surface area contributed by atoms with Crippen molar-refractivity contribution in [2.24, 2.45) is 0 Å². The van der Waals surface area contributed by atoms with Crippen LogP contribution < -0.4 is 0 Å². The molecule has 3 nitrogen and oxygen atoms in total. The number of aromatic nitrogens is 1. The highest BCUT2D eigenvalue weighted by Crippen LogP contribution is 2.27. The van der Waals surface area contributed by atoms with E-state index in [1.807, 2.05) is 11.8 Å². The van der Waals surface area contributed by atoms with Gasteiger partial charge in [0.1, 0.15) is 5.69 Å². The number of thioether (sulfide) groups is 1. The second-order valence-corrected chi connectivity index (χ2v) is 5.83. The molecule has 88 valence electrons. The molecular weight excluding hydrogens is 246 g/mol. The van der Waals surface area contributed by atoms with Crippen LogP contribution in [-0.2, 0) is 6.54 Å². The summed E-state index contributed by atoms with van der Waals surface area (Å²) in [4.78, 5) is 11.0. The molecule has 0 bridgehead atoms. The number of carbonyl (C=O) groups is 1. The molecule has 0 spiro atoms. The Labute approximate surface area is 104 Å². The van der Waals surface area contributed by atoms with Crippen LogP contribution in [-0.4, -0.2) is 26.6 Å². The molecule has 0 aromatic carbocycles. The van der Waals surface area contributed by atoms with E-state index in [4.69, 9.17) is 16.7 Å². The van der Waals surface area contributed by atoms with Crippen molar-refractivity contribution in [3.8, 4) is 0 Å². The largest absolute Gasteiger partial charge is 0.477 e. The molecule has 1 atom stereocenters. The molecule has 1 N–H and O–H groups in total. The zero-order chi connectivity index (χ0) is 11.5. The number of hydrogen-bond acceptors (Lipinski definition) is 2. The van der Waals surface area contributed by atoms with Crippen molar-refractivity contribution in [3.63, 3.8) is 0 Å². The molecule has 16 heavy (non-hydrogen) atoms. The third-order valence-corrected chi connectivity index (χ3v) is 4.34. The van der Waals surface area contributed by atoms with Gasteiger partial charge in [-0.1, -0.05) is 18.0 Å². The van der Waals surface area contributed by atoms with E-state index >= 15 is 0 Å². The summed E-state index contributed by atoms with van der Waals surface area (Å²) >= 11 is 7.77. The van der Waals surface area contributed by atoms with Gasteiger partial charge in [-0.05, 0) is 24.7 Å². The number of aromatic carboxylic acids is 1. The van der Waals surface area contributed by atoms with E-state index in [1.165, 1.54) is 31.1 Å². The molecular formula is C11H14ClNO2S. The molecule has 0 saturated carbocycles. The Balaban J connectivity index is 2.10. The lowest BCUT2D eigenvalue weighted by atomic mass is 10.2. The summed E-state index contributed by atoms with van der Waals surface area (Å²) in [6, 6.07) is 1.51. The lowest BCUT2D eigenvalue weighted by molar-refractivity contribution is 0.0685. The Morgan fingerprint density at radius 3 is 3.06 bits per heavy atom. The zero-order valence-corrected chi connectivity index (χ0v) is 10.4. The minimum absolute atomic E-state index is 0.288. The van der Waals surface area contributed by atoms with Crippen LogP contribution in [0.15, 0.2) is 12.3 Å². The van der Waals surface area contributed by atoms with Gasteiger partial charge in [0.15, 0.2) is 0 Å². The highest BCUT2D eigenvalue weighted by molar-refractivity contribution is 7.99. The quantitative estimate of drug-likeness (QED) is 0.907. The predicted octanol–water partition coefficient (Wildman–Crippen LogP) is 3.13. The molecule has 0 radical (unpaired) electrons. The highest BCUT2D eigenvalue weighted by atomic mass is 35.5. The van der Waals surface area contributed by atoms with Crippen LogP contribution >= 0.6 is 23.4 Å². The standard InChI is InChI=1S/C11H14ClNO2S/c12-8-5-10(11(14)15)13(6-8)7-9-3-1-2-4-16-9/h5-6,9H,1-4,7H2,(H,14,15). The molecule has 0 amide bonds. The summed E-state index contributed by atoms with van der Waals surface area (Å²) in [5.74, 6) is 0.273. The molecule has 1 aromatic heterocycles. The van der Waals surface area contributed by atoms with Gasteiger partial charge in [-0.3, -0.25) is 0 Å². The lowest BCUT2D eigenvalue weighted by Gasteiger charge is -2.22. The normalized spacial score (nSPS) is 20.9. The van der Waals surface area contributed by atoms with E-state index in [0.717, 1.165) is 6.54 Å². The molecule has 1 fully saturated rings. The predicted molar refractivity (Wildman–Crippen MR) is 66.5 cm³/mol. The summed E-state index contributed by atoms with van der Waals surface area (Å²) < 4.78 is 1.76. The number of carboxylic acid groups (broad SMARTS) is 1. The van der Waals surface area contributed by atoms with Crippen molar-refractivity contribution in [2.75, 3.05) is 5.75 Å². The topological polar surface area (TPSA) is 42.2 Å². The third-order valence-electron chi connectivity index (χ3n) is 2.76. The molecule has 0 aliphatic carbocycles. The summed E-state index contributed by atoms with van der Waals surface area (Å²) in [6.07, 6.45) is 5.40. The van der Waals surface area contributed by atoms with Gasteiger partial charge in [0.25, 0.3) is 0 Å². The molecule has 1 unspecified atom stereocenters. The minimum Gasteiger partial charge on any atom is -0.477 e. The third kappa shape index (κ3) is 2.74. The summed E-state index contributed by atoms with van der Waals surface area (Å²) in [6.45, 7) is 0.749. The van der Waals surface area contributed by atoms with Gasteiger partial charge in [0, 0.05) is 18.0 Å². The number of halogens is 1. The van der Waals surface area contributed by atoms with Crippen molar-refractivity contribution in [2.45, 2.75) is 31.1 Å². The van der Waals surface area contributed by atoms with Crippen LogP contribution in [0.3, 0.4) is 0 Å². The van der Waals surface area contributed by atoms with Crippen LogP contribution in [0.5, 0.6) is 0 Å². The van der Waals surface area contributed by atoms with E-state index in [9.17, 15) is 4.79 Å². The molecule has 1 aromatic rings. The fraction of sp³-hybridized carbons (Fsp3) is 0.545. The Morgan fingerprint density at radius 1 is 1.62 bits per heavy atom. The first-order valence-electron chi connectivity index (χ1n) is 5.37. The zero-order valence-electron chi connectivity index (χ0n) is 8.86. The van der Waals surface area contributed by atoms with Crippen LogP contribution in [0.4, 0.5) is 0 Å². The van der Waals surface area contributed by atoms with Crippen molar-refractivity contribution in [3.05, 3.63) is 23.0 Å². The molecule has 1 saturated heterocycles. The average Bonchev–Trinajstić information content (AvgIpc) is 2.61. The lowest BCUT2D eigenvalue weighted by Crippen LogP contribution is -2.19. The molecule has 2 heterocycles. The first kappa shape index (κ1) is 11.9. The molecule has 1 aliphatic heterocycles. The highest BCUT2D eigenvalue weighted by Gasteiger charge is 2.18. The second-order valence-electron chi connectivity index (χ2n) is 3.99. The van der Waals surface area contributed by atoms with E-state index < -0.39 is 5.97 Å². The van der Waals surface area contributed by atoms with Gasteiger partial charge in [-0.25, -0.2) is 4.79 Å². The van der Waals surface area contributed by atoms with E-state index in [0.29, 0.717) is 10.3 Å². The summed E-state index contributed by atoms with van der Waals surface area (Å²) in [7, 11) is 0. The van der Waals surface area contributed by atoms with E-state index in [1.54, 1.807) is 10.8 Å². The van der Waals surface area contributed by atoms with Crippen molar-refractivity contribution >= 4 is 29.3 Å².